The molecule has 11 heteroatoms. The van der Waals surface area contributed by atoms with Gasteiger partial charge in [0.05, 0.1) is 17.0 Å². The number of nitrogens with zero attached hydrogens (tertiary/aromatic N) is 2. The van der Waals surface area contributed by atoms with Crippen molar-refractivity contribution >= 4 is 26.9 Å². The van der Waals surface area contributed by atoms with Crippen molar-refractivity contribution in [3.63, 3.8) is 0 Å². The minimum atomic E-state index is -3.76. The second kappa shape index (κ2) is 10.6. The quantitative estimate of drug-likeness (QED) is 0.240. The third-order valence-electron chi connectivity index (χ3n) is 7.64. The van der Waals surface area contributed by atoms with Gasteiger partial charge in [-0.15, -0.1) is 0 Å². The summed E-state index contributed by atoms with van der Waals surface area (Å²) < 4.78 is 67.6. The molecule has 0 unspecified atom stereocenters. The van der Waals surface area contributed by atoms with E-state index >= 15 is 0 Å². The zero-order chi connectivity index (χ0) is 29.8. The van der Waals surface area contributed by atoms with Gasteiger partial charge in [-0.25, -0.2) is 13.2 Å². The Morgan fingerprint density at radius 2 is 1.71 bits per heavy atom. The minimum Gasteiger partial charge on any atom is -0.461 e. The molecule has 2 heterocycles. The Bertz CT molecular complexity index is 1880. The van der Waals surface area contributed by atoms with Crippen LogP contribution >= 0.6 is 0 Å². The number of aryl methyl sites for hydroxylation is 1. The molecule has 1 aromatic heterocycles. The van der Waals surface area contributed by atoms with Crippen LogP contribution in [0.2, 0.25) is 0 Å². The Balaban J connectivity index is 1.47. The molecule has 0 amide bonds. The van der Waals surface area contributed by atoms with Gasteiger partial charge in [0.2, 0.25) is 10.0 Å². The van der Waals surface area contributed by atoms with Crippen LogP contribution in [-0.4, -0.2) is 36.5 Å². The first-order valence-corrected chi connectivity index (χ1v) is 15.1. The molecule has 0 spiro atoms. The summed E-state index contributed by atoms with van der Waals surface area (Å²) in [6.45, 7) is 0.689. The first kappa shape index (κ1) is 28.0. The van der Waals surface area contributed by atoms with Crippen LogP contribution in [0, 0.1) is 6.92 Å². The van der Waals surface area contributed by atoms with E-state index in [1.54, 1.807) is 66.1 Å². The van der Waals surface area contributed by atoms with E-state index in [4.69, 9.17) is 9.47 Å². The fourth-order valence-electron chi connectivity index (χ4n) is 5.47. The first-order chi connectivity index (χ1) is 20.1. The Hall–Kier alpha value is -4.09. The predicted octanol–water partition coefficient (Wildman–Crippen LogP) is 5.79. The molecule has 1 fully saturated rings. The molecular weight excluding hydrogens is 566 g/mol. The van der Waals surface area contributed by atoms with Crippen LogP contribution in [0.15, 0.2) is 70.4 Å². The zero-order valence-corrected chi connectivity index (χ0v) is 23.8. The third-order valence-corrected chi connectivity index (χ3v) is 9.44. The fourth-order valence-corrected chi connectivity index (χ4v) is 6.87. The highest BCUT2D eigenvalue weighted by atomic mass is 32.2. The molecular formula is C31H28F2N2O6S. The molecule has 0 N–H and O–H groups in total. The number of hydrogen-bond donors (Lipinski definition) is 0. The monoisotopic (exact) mass is 594 g/mol. The van der Waals surface area contributed by atoms with E-state index in [1.165, 1.54) is 10.4 Å². The van der Waals surface area contributed by atoms with Crippen molar-refractivity contribution in [3.05, 3.63) is 93.3 Å². The average molecular weight is 595 g/mol. The van der Waals surface area contributed by atoms with Crippen molar-refractivity contribution in [1.29, 1.82) is 0 Å². The van der Waals surface area contributed by atoms with Crippen molar-refractivity contribution in [2.75, 3.05) is 6.61 Å². The molecule has 0 saturated heterocycles. The molecule has 42 heavy (non-hydrogen) atoms. The van der Waals surface area contributed by atoms with Gasteiger partial charge in [0.1, 0.15) is 5.69 Å². The Kier molecular flexibility index (Phi) is 7.10. The normalized spacial score (nSPS) is 15.3. The average Bonchev–Trinajstić information content (AvgIpc) is 3.70. The summed E-state index contributed by atoms with van der Waals surface area (Å²) in [4.78, 5) is 26.1. The van der Waals surface area contributed by atoms with Crippen molar-refractivity contribution in [1.82, 2.24) is 8.87 Å². The molecule has 1 saturated carbocycles. The maximum Gasteiger partial charge on any atom is 0.387 e. The summed E-state index contributed by atoms with van der Waals surface area (Å²) in [6, 6.07) is 16.0. The van der Waals surface area contributed by atoms with Crippen molar-refractivity contribution in [2.24, 2.45) is 0 Å². The molecule has 0 bridgehead atoms. The van der Waals surface area contributed by atoms with E-state index in [2.05, 4.69) is 0 Å². The van der Waals surface area contributed by atoms with Gasteiger partial charge >= 0.3 is 12.6 Å². The van der Waals surface area contributed by atoms with Gasteiger partial charge in [-0.1, -0.05) is 29.8 Å². The van der Waals surface area contributed by atoms with E-state index in [9.17, 15) is 26.8 Å². The maximum absolute atomic E-state index is 13.9. The Morgan fingerprint density at radius 1 is 1.00 bits per heavy atom. The highest BCUT2D eigenvalue weighted by Crippen LogP contribution is 2.44. The first-order valence-electron chi connectivity index (χ1n) is 13.6. The minimum absolute atomic E-state index is 0.0148. The SMILES string of the molecule is CCOC(=O)c1cc(=O)c2ccc(-c3ccc4c(c3)CN(S(=O)(=O)c3ccc(C)cc3)C4)c(OC(F)F)c2n1C1CC1. The van der Waals surface area contributed by atoms with Gasteiger partial charge in [0.15, 0.2) is 11.2 Å². The number of rotatable bonds is 8. The van der Waals surface area contributed by atoms with Gasteiger partial charge in [0, 0.05) is 36.1 Å². The van der Waals surface area contributed by atoms with Crippen LogP contribution in [0.5, 0.6) is 5.75 Å². The number of alkyl halides is 2. The third kappa shape index (κ3) is 4.96. The van der Waals surface area contributed by atoms with Gasteiger partial charge < -0.3 is 14.0 Å². The number of ether oxygens (including phenoxy) is 2. The lowest BCUT2D eigenvalue weighted by Gasteiger charge is -2.20. The van der Waals surface area contributed by atoms with E-state index in [-0.39, 0.29) is 53.0 Å². The summed E-state index contributed by atoms with van der Waals surface area (Å²) in [7, 11) is -3.76. The number of carbonyl (C=O) groups excluding carboxylic acids is 1. The number of hydrogen-bond acceptors (Lipinski definition) is 6. The number of fused-ring (bicyclic) bond motifs is 2. The molecule has 4 aromatic rings. The Labute approximate surface area is 241 Å². The van der Waals surface area contributed by atoms with Crippen LogP contribution in [0.3, 0.4) is 0 Å². The molecule has 8 nitrogen and oxygen atoms in total. The van der Waals surface area contributed by atoms with E-state index in [0.717, 1.165) is 16.7 Å². The number of benzene rings is 3. The van der Waals surface area contributed by atoms with Gasteiger partial charge in [-0.3, -0.25) is 4.79 Å². The molecule has 0 radical (unpaired) electrons. The molecule has 3 aromatic carbocycles. The number of esters is 1. The van der Waals surface area contributed by atoms with Crippen molar-refractivity contribution in [3.8, 4) is 16.9 Å². The van der Waals surface area contributed by atoms with E-state index < -0.39 is 28.0 Å². The molecule has 6 rings (SSSR count). The lowest BCUT2D eigenvalue weighted by atomic mass is 9.98. The van der Waals surface area contributed by atoms with Gasteiger partial charge in [-0.2, -0.15) is 13.1 Å². The number of sulfonamides is 1. The molecule has 2 aliphatic rings. The van der Waals surface area contributed by atoms with Crippen molar-refractivity contribution < 1.29 is 31.5 Å². The number of pyridine rings is 1. The molecule has 1 aliphatic carbocycles. The second-order valence-electron chi connectivity index (χ2n) is 10.5. The lowest BCUT2D eigenvalue weighted by molar-refractivity contribution is -0.0486. The zero-order valence-electron chi connectivity index (χ0n) is 23.0. The highest BCUT2D eigenvalue weighted by molar-refractivity contribution is 7.89. The highest BCUT2D eigenvalue weighted by Gasteiger charge is 2.34. The summed E-state index contributed by atoms with van der Waals surface area (Å²) >= 11 is 0. The number of carbonyl (C=O) groups is 1. The summed E-state index contributed by atoms with van der Waals surface area (Å²) in [5.41, 5.74) is 2.85. The number of halogens is 2. The molecule has 218 valence electrons. The maximum atomic E-state index is 13.9. The second-order valence-corrected chi connectivity index (χ2v) is 12.4. The lowest BCUT2D eigenvalue weighted by Crippen LogP contribution is -2.25. The van der Waals surface area contributed by atoms with Crippen LogP contribution in [0.25, 0.3) is 22.0 Å². The van der Waals surface area contributed by atoms with Crippen LogP contribution in [-0.2, 0) is 27.8 Å². The smallest absolute Gasteiger partial charge is 0.387 e. The van der Waals surface area contributed by atoms with Crippen molar-refractivity contribution in [2.45, 2.75) is 57.3 Å². The topological polar surface area (TPSA) is 94.9 Å². The fraction of sp³-hybridized carbons (Fsp3) is 0.290. The summed E-state index contributed by atoms with van der Waals surface area (Å²) in [5, 5.41) is 0.144. The number of aromatic nitrogens is 1. The molecule has 0 atom stereocenters. The van der Waals surface area contributed by atoms with E-state index in [0.29, 0.717) is 24.0 Å². The van der Waals surface area contributed by atoms with Gasteiger partial charge in [0.25, 0.3) is 0 Å². The standard InChI is InChI=1S/C31H28F2N2O6S/c1-3-40-30(37)26-15-27(36)25-13-12-24(29(41-31(32)33)28(25)35(26)22-8-9-22)19-6-7-20-16-34(17-21(20)14-19)42(38,39)23-10-4-18(2)5-11-23/h4-7,10-15,22,31H,3,8-9,16-17H2,1-2H3. The molecule has 1 aliphatic heterocycles. The van der Waals surface area contributed by atoms with Crippen LogP contribution in [0.1, 0.15) is 53.0 Å². The predicted molar refractivity (Wildman–Crippen MR) is 152 cm³/mol. The Morgan fingerprint density at radius 3 is 2.38 bits per heavy atom. The van der Waals surface area contributed by atoms with Crippen LogP contribution in [0.4, 0.5) is 8.78 Å². The van der Waals surface area contributed by atoms with Gasteiger partial charge in [-0.05, 0) is 73.7 Å². The van der Waals surface area contributed by atoms with E-state index in [1.807, 2.05) is 6.92 Å². The summed E-state index contributed by atoms with van der Waals surface area (Å²) in [6.07, 6.45) is 1.40. The van der Waals surface area contributed by atoms with Crippen LogP contribution < -0.4 is 10.2 Å². The summed E-state index contributed by atoms with van der Waals surface area (Å²) in [5.74, 6) is -0.941. The largest absolute Gasteiger partial charge is 0.461 e.